The van der Waals surface area contributed by atoms with Gasteiger partial charge in [-0.25, -0.2) is 0 Å². The molecule has 0 spiro atoms. The van der Waals surface area contributed by atoms with Crippen molar-refractivity contribution in [3.8, 4) is 0 Å². The summed E-state index contributed by atoms with van der Waals surface area (Å²) < 4.78 is 0. The molecule has 0 aromatic heterocycles. The SMILES string of the molecule is CCCC(C)CCCCC(C)C(C)C. The minimum atomic E-state index is 0.864. The molecule has 14 heavy (non-hydrogen) atoms. The summed E-state index contributed by atoms with van der Waals surface area (Å²) in [5, 5.41) is 0. The first-order valence-corrected chi connectivity index (χ1v) is 6.57. The van der Waals surface area contributed by atoms with Gasteiger partial charge >= 0.3 is 0 Å². The molecule has 0 saturated heterocycles. The monoisotopic (exact) mass is 198 g/mol. The number of hydrogen-bond donors (Lipinski definition) is 0. The van der Waals surface area contributed by atoms with E-state index in [1.54, 1.807) is 0 Å². The molecular weight excluding hydrogens is 168 g/mol. The van der Waals surface area contributed by atoms with Crippen molar-refractivity contribution >= 4 is 0 Å². The number of hydrogen-bond acceptors (Lipinski definition) is 0. The lowest BCUT2D eigenvalue weighted by molar-refractivity contribution is 0.364. The molecule has 0 aliphatic rings. The Bertz CT molecular complexity index is 115. The van der Waals surface area contributed by atoms with Crippen molar-refractivity contribution < 1.29 is 0 Å². The third-order valence-electron chi connectivity index (χ3n) is 3.53. The van der Waals surface area contributed by atoms with Gasteiger partial charge in [0.2, 0.25) is 0 Å². The van der Waals surface area contributed by atoms with Gasteiger partial charge in [-0.05, 0) is 17.8 Å². The van der Waals surface area contributed by atoms with Gasteiger partial charge in [0, 0.05) is 0 Å². The summed E-state index contributed by atoms with van der Waals surface area (Å²) >= 11 is 0. The molecule has 0 rings (SSSR count). The van der Waals surface area contributed by atoms with Crippen molar-refractivity contribution in [2.24, 2.45) is 17.8 Å². The van der Waals surface area contributed by atoms with Crippen LogP contribution in [-0.2, 0) is 0 Å². The average Bonchev–Trinajstić information content (AvgIpc) is 2.12. The van der Waals surface area contributed by atoms with Crippen LogP contribution in [0.4, 0.5) is 0 Å². The molecule has 0 aromatic carbocycles. The summed E-state index contributed by atoms with van der Waals surface area (Å²) in [5.74, 6) is 2.73. The van der Waals surface area contributed by atoms with Gasteiger partial charge in [-0.3, -0.25) is 0 Å². The second-order valence-corrected chi connectivity index (χ2v) is 5.40. The van der Waals surface area contributed by atoms with Crippen LogP contribution >= 0.6 is 0 Å². The van der Waals surface area contributed by atoms with Crippen molar-refractivity contribution in [2.45, 2.75) is 73.1 Å². The molecule has 0 heterocycles. The molecule has 0 bridgehead atoms. The van der Waals surface area contributed by atoms with Gasteiger partial charge < -0.3 is 0 Å². The zero-order valence-electron chi connectivity index (χ0n) is 11.0. The highest BCUT2D eigenvalue weighted by Gasteiger charge is 2.06. The topological polar surface area (TPSA) is 0 Å². The van der Waals surface area contributed by atoms with Crippen LogP contribution in [-0.4, -0.2) is 0 Å². The fourth-order valence-electron chi connectivity index (χ4n) is 1.93. The van der Waals surface area contributed by atoms with Crippen LogP contribution in [0.25, 0.3) is 0 Å². The second-order valence-electron chi connectivity index (χ2n) is 5.40. The molecule has 0 aromatic rings. The Balaban J connectivity index is 3.28. The van der Waals surface area contributed by atoms with E-state index in [9.17, 15) is 0 Å². The minimum Gasteiger partial charge on any atom is -0.0654 e. The number of unbranched alkanes of at least 4 members (excludes halogenated alkanes) is 1. The highest BCUT2D eigenvalue weighted by atomic mass is 14.1. The van der Waals surface area contributed by atoms with Gasteiger partial charge in [-0.1, -0.05) is 73.1 Å². The molecule has 86 valence electrons. The first-order valence-electron chi connectivity index (χ1n) is 6.57. The van der Waals surface area contributed by atoms with Gasteiger partial charge in [0.15, 0.2) is 0 Å². The van der Waals surface area contributed by atoms with Gasteiger partial charge in [0.05, 0.1) is 0 Å². The van der Waals surface area contributed by atoms with Crippen molar-refractivity contribution in [1.29, 1.82) is 0 Å². The van der Waals surface area contributed by atoms with Crippen molar-refractivity contribution in [3.63, 3.8) is 0 Å². The maximum Gasteiger partial charge on any atom is -0.0420 e. The van der Waals surface area contributed by atoms with Crippen LogP contribution in [0, 0.1) is 17.8 Å². The maximum atomic E-state index is 2.40. The Morgan fingerprint density at radius 2 is 1.36 bits per heavy atom. The molecule has 2 unspecified atom stereocenters. The molecule has 0 N–H and O–H groups in total. The fraction of sp³-hybridized carbons (Fsp3) is 1.00. The summed E-state index contributed by atoms with van der Waals surface area (Å²) in [5.41, 5.74) is 0. The summed E-state index contributed by atoms with van der Waals surface area (Å²) in [4.78, 5) is 0. The Hall–Kier alpha value is 0. The first kappa shape index (κ1) is 14.0. The number of rotatable bonds is 8. The predicted molar refractivity (Wildman–Crippen MR) is 66.5 cm³/mol. The maximum absolute atomic E-state index is 2.40. The summed E-state index contributed by atoms with van der Waals surface area (Å²) in [6, 6.07) is 0. The Kier molecular flexibility index (Phi) is 8.32. The van der Waals surface area contributed by atoms with Crippen LogP contribution in [0.1, 0.15) is 73.1 Å². The first-order chi connectivity index (χ1) is 6.57. The fourth-order valence-corrected chi connectivity index (χ4v) is 1.93. The molecule has 2 atom stereocenters. The van der Waals surface area contributed by atoms with Gasteiger partial charge in [0.1, 0.15) is 0 Å². The average molecular weight is 198 g/mol. The van der Waals surface area contributed by atoms with Crippen LogP contribution in [0.15, 0.2) is 0 Å². The Morgan fingerprint density at radius 1 is 0.786 bits per heavy atom. The highest BCUT2D eigenvalue weighted by molar-refractivity contribution is 4.59. The third-order valence-corrected chi connectivity index (χ3v) is 3.53. The quantitative estimate of drug-likeness (QED) is 0.466. The lowest BCUT2D eigenvalue weighted by Gasteiger charge is -2.15. The Morgan fingerprint density at radius 3 is 1.86 bits per heavy atom. The standard InChI is InChI=1S/C14H30/c1-6-9-13(4)10-7-8-11-14(5)12(2)3/h12-14H,6-11H2,1-5H3. The molecule has 0 aliphatic heterocycles. The van der Waals surface area contributed by atoms with Gasteiger partial charge in [-0.2, -0.15) is 0 Å². The third kappa shape index (κ3) is 7.41. The zero-order chi connectivity index (χ0) is 11.0. The van der Waals surface area contributed by atoms with Crippen molar-refractivity contribution in [3.05, 3.63) is 0 Å². The predicted octanol–water partition coefficient (Wildman–Crippen LogP) is 5.28. The molecule has 0 heteroatoms. The second kappa shape index (κ2) is 8.32. The lowest BCUT2D eigenvalue weighted by atomic mass is 9.91. The molecule has 0 amide bonds. The molecule has 0 saturated carbocycles. The molecule has 0 nitrogen and oxygen atoms in total. The van der Waals surface area contributed by atoms with E-state index in [2.05, 4.69) is 34.6 Å². The molecule has 0 fully saturated rings. The normalized spacial score (nSPS) is 15.9. The molecular formula is C14H30. The van der Waals surface area contributed by atoms with E-state index in [1.807, 2.05) is 0 Å². The van der Waals surface area contributed by atoms with E-state index in [0.29, 0.717) is 0 Å². The lowest BCUT2D eigenvalue weighted by Crippen LogP contribution is -2.03. The van der Waals surface area contributed by atoms with Crippen molar-refractivity contribution in [2.75, 3.05) is 0 Å². The van der Waals surface area contributed by atoms with Crippen LogP contribution < -0.4 is 0 Å². The largest absolute Gasteiger partial charge is 0.0654 e. The van der Waals surface area contributed by atoms with E-state index < -0.39 is 0 Å². The van der Waals surface area contributed by atoms with E-state index >= 15 is 0 Å². The Labute approximate surface area is 91.5 Å². The van der Waals surface area contributed by atoms with E-state index in [1.165, 1.54) is 38.5 Å². The van der Waals surface area contributed by atoms with Gasteiger partial charge in [0.25, 0.3) is 0 Å². The molecule has 0 radical (unpaired) electrons. The van der Waals surface area contributed by atoms with E-state index in [-0.39, 0.29) is 0 Å². The van der Waals surface area contributed by atoms with Crippen LogP contribution in [0.3, 0.4) is 0 Å². The van der Waals surface area contributed by atoms with Crippen LogP contribution in [0.2, 0.25) is 0 Å². The summed E-state index contributed by atoms with van der Waals surface area (Å²) in [6.45, 7) is 11.8. The van der Waals surface area contributed by atoms with E-state index in [0.717, 1.165) is 17.8 Å². The van der Waals surface area contributed by atoms with Crippen LogP contribution in [0.5, 0.6) is 0 Å². The van der Waals surface area contributed by atoms with Crippen molar-refractivity contribution in [1.82, 2.24) is 0 Å². The highest BCUT2D eigenvalue weighted by Crippen LogP contribution is 2.20. The minimum absolute atomic E-state index is 0.864. The summed E-state index contributed by atoms with van der Waals surface area (Å²) in [7, 11) is 0. The van der Waals surface area contributed by atoms with Gasteiger partial charge in [-0.15, -0.1) is 0 Å². The zero-order valence-corrected chi connectivity index (χ0v) is 11.0. The van der Waals surface area contributed by atoms with E-state index in [4.69, 9.17) is 0 Å². The summed E-state index contributed by atoms with van der Waals surface area (Å²) in [6.07, 6.45) is 8.52. The smallest absolute Gasteiger partial charge is 0.0420 e. The molecule has 0 aliphatic carbocycles.